The lowest BCUT2D eigenvalue weighted by molar-refractivity contribution is -0.125. The largest absolute Gasteiger partial charge is 0.496 e. The SMILES string of the molecule is COc1ccccc1[C@H](Cn1c(=O)n(C(C)(C)C(N)=O)c(=O)c2nc(-c3ncco3)ccc21)OC1CCOCC1. The molecule has 12 nitrogen and oxygen atoms in total. The van der Waals surface area contributed by atoms with Gasteiger partial charge in [-0.1, -0.05) is 18.2 Å². The van der Waals surface area contributed by atoms with Gasteiger partial charge < -0.3 is 24.4 Å². The molecule has 0 aliphatic carbocycles. The second-order valence-corrected chi connectivity index (χ2v) is 10.0. The molecule has 0 saturated carbocycles. The van der Waals surface area contributed by atoms with Crippen LogP contribution in [0.3, 0.4) is 0 Å². The van der Waals surface area contributed by atoms with Gasteiger partial charge in [0.1, 0.15) is 29.3 Å². The third kappa shape index (κ3) is 5.03. The average Bonchev–Trinajstić information content (AvgIpc) is 3.50. The minimum atomic E-state index is -1.65. The van der Waals surface area contributed by atoms with Crippen LogP contribution in [-0.2, 0) is 26.4 Å². The zero-order chi connectivity index (χ0) is 28.4. The highest BCUT2D eigenvalue weighted by Gasteiger charge is 2.34. The molecule has 1 atom stereocenters. The fourth-order valence-electron chi connectivity index (χ4n) is 4.85. The number of ether oxygens (including phenoxy) is 3. The normalized spacial score (nSPS) is 15.3. The van der Waals surface area contributed by atoms with Crippen LogP contribution in [0.2, 0.25) is 0 Å². The molecule has 210 valence electrons. The van der Waals surface area contributed by atoms with Gasteiger partial charge in [0, 0.05) is 18.8 Å². The highest BCUT2D eigenvalue weighted by atomic mass is 16.5. The van der Waals surface area contributed by atoms with E-state index >= 15 is 0 Å². The molecule has 2 N–H and O–H groups in total. The van der Waals surface area contributed by atoms with Crippen molar-refractivity contribution in [3.8, 4) is 17.3 Å². The van der Waals surface area contributed by atoms with E-state index in [1.807, 2.05) is 24.3 Å². The Kier molecular flexibility index (Phi) is 7.55. The van der Waals surface area contributed by atoms with Crippen LogP contribution in [0.5, 0.6) is 5.75 Å². The molecule has 0 radical (unpaired) electrons. The third-order valence-corrected chi connectivity index (χ3v) is 7.17. The summed E-state index contributed by atoms with van der Waals surface area (Å²) in [4.78, 5) is 48.8. The van der Waals surface area contributed by atoms with Gasteiger partial charge in [-0.25, -0.2) is 19.3 Å². The first kappa shape index (κ1) is 27.3. The maximum absolute atomic E-state index is 14.0. The number of carbonyl (C=O) groups is 1. The van der Waals surface area contributed by atoms with Crippen molar-refractivity contribution in [1.82, 2.24) is 19.1 Å². The fraction of sp³-hybridized carbons (Fsp3) is 0.393. The van der Waals surface area contributed by atoms with Gasteiger partial charge in [-0.2, -0.15) is 0 Å². The first-order valence-electron chi connectivity index (χ1n) is 13.0. The van der Waals surface area contributed by atoms with Crippen LogP contribution in [-0.4, -0.2) is 51.4 Å². The molecule has 1 saturated heterocycles. The van der Waals surface area contributed by atoms with Crippen LogP contribution in [0.4, 0.5) is 0 Å². The summed E-state index contributed by atoms with van der Waals surface area (Å²) in [5, 5.41) is 0. The Bertz CT molecular complexity index is 1640. The second-order valence-electron chi connectivity index (χ2n) is 10.0. The van der Waals surface area contributed by atoms with Crippen molar-refractivity contribution >= 4 is 16.9 Å². The van der Waals surface area contributed by atoms with Crippen molar-refractivity contribution in [2.45, 2.75) is 51.0 Å². The van der Waals surface area contributed by atoms with Crippen molar-refractivity contribution < 1.29 is 23.4 Å². The zero-order valence-corrected chi connectivity index (χ0v) is 22.5. The van der Waals surface area contributed by atoms with E-state index in [1.54, 1.807) is 19.2 Å². The van der Waals surface area contributed by atoms with Gasteiger partial charge in [0.15, 0.2) is 5.52 Å². The number of hydrogen-bond acceptors (Lipinski definition) is 9. The van der Waals surface area contributed by atoms with Gasteiger partial charge in [0.2, 0.25) is 11.8 Å². The highest BCUT2D eigenvalue weighted by molar-refractivity contribution is 5.83. The summed E-state index contributed by atoms with van der Waals surface area (Å²) in [6.07, 6.45) is 3.47. The lowest BCUT2D eigenvalue weighted by Crippen LogP contribution is -2.55. The van der Waals surface area contributed by atoms with Gasteiger partial charge in [-0.15, -0.1) is 0 Å². The Morgan fingerprint density at radius 2 is 1.93 bits per heavy atom. The van der Waals surface area contributed by atoms with Crippen molar-refractivity contribution in [2.75, 3.05) is 20.3 Å². The molecule has 0 spiro atoms. The van der Waals surface area contributed by atoms with E-state index in [9.17, 15) is 14.4 Å². The summed E-state index contributed by atoms with van der Waals surface area (Å²) >= 11 is 0. The summed E-state index contributed by atoms with van der Waals surface area (Å²) in [6.45, 7) is 3.97. The maximum Gasteiger partial charge on any atom is 0.332 e. The number of oxazole rings is 1. The van der Waals surface area contributed by atoms with E-state index in [0.717, 1.165) is 10.1 Å². The van der Waals surface area contributed by atoms with E-state index in [-0.39, 0.29) is 29.6 Å². The van der Waals surface area contributed by atoms with E-state index in [0.29, 0.717) is 37.5 Å². The summed E-state index contributed by atoms with van der Waals surface area (Å²) in [6, 6.07) is 10.6. The molecule has 1 amide bonds. The zero-order valence-electron chi connectivity index (χ0n) is 22.5. The summed E-state index contributed by atoms with van der Waals surface area (Å²) in [5.41, 5.74) is 3.76. The lowest BCUT2D eigenvalue weighted by Gasteiger charge is -2.30. The van der Waals surface area contributed by atoms with Crippen LogP contribution in [0.15, 0.2) is 62.9 Å². The molecule has 0 unspecified atom stereocenters. The van der Waals surface area contributed by atoms with Crippen LogP contribution < -0.4 is 21.7 Å². The predicted molar refractivity (Wildman–Crippen MR) is 145 cm³/mol. The molecule has 4 aromatic rings. The van der Waals surface area contributed by atoms with E-state index in [4.69, 9.17) is 24.4 Å². The molecule has 40 heavy (non-hydrogen) atoms. The van der Waals surface area contributed by atoms with Crippen molar-refractivity contribution in [1.29, 1.82) is 0 Å². The molecule has 4 heterocycles. The van der Waals surface area contributed by atoms with Crippen LogP contribution in [0, 0.1) is 0 Å². The molecule has 1 aliphatic rings. The Labute approximate surface area is 229 Å². The first-order chi connectivity index (χ1) is 19.2. The molecule has 1 aromatic carbocycles. The maximum atomic E-state index is 14.0. The van der Waals surface area contributed by atoms with Gasteiger partial charge in [-0.05, 0) is 44.9 Å². The number of hydrogen-bond donors (Lipinski definition) is 1. The van der Waals surface area contributed by atoms with Gasteiger partial charge in [0.25, 0.3) is 5.56 Å². The Morgan fingerprint density at radius 3 is 2.60 bits per heavy atom. The molecule has 12 heteroatoms. The summed E-state index contributed by atoms with van der Waals surface area (Å²) in [7, 11) is 1.57. The quantitative estimate of drug-likeness (QED) is 0.331. The van der Waals surface area contributed by atoms with E-state index in [1.165, 1.54) is 30.9 Å². The summed E-state index contributed by atoms with van der Waals surface area (Å²) in [5.74, 6) is -0.0530. The highest BCUT2D eigenvalue weighted by Crippen LogP contribution is 2.32. The van der Waals surface area contributed by atoms with E-state index < -0.39 is 28.8 Å². The number of carbonyl (C=O) groups excluding carboxylic acids is 1. The standard InChI is InChI=1S/C28H31N5O7/c1-28(2,26(29)35)33-25(34)23-20(9-8-19(31-23)24-30-12-15-39-24)32(27(33)36)16-22(40-17-10-13-38-14-11-17)18-6-4-5-7-21(18)37-3/h4-9,12,15,17,22H,10-11,13-14,16H2,1-3H3,(H2,29,35)/t22-/m0/s1. The number of benzene rings is 1. The molecule has 5 rings (SSSR count). The number of aromatic nitrogens is 4. The number of pyridine rings is 1. The monoisotopic (exact) mass is 549 g/mol. The van der Waals surface area contributed by atoms with Crippen molar-refractivity contribution in [3.05, 3.63) is 75.3 Å². The fourth-order valence-corrected chi connectivity index (χ4v) is 4.85. The Balaban J connectivity index is 1.73. The van der Waals surface area contributed by atoms with Gasteiger partial charge >= 0.3 is 5.69 Å². The lowest BCUT2D eigenvalue weighted by atomic mass is 10.0. The number of primary amides is 1. The summed E-state index contributed by atoms with van der Waals surface area (Å²) < 4.78 is 25.3. The smallest absolute Gasteiger partial charge is 0.332 e. The Morgan fingerprint density at radius 1 is 1.18 bits per heavy atom. The predicted octanol–water partition coefficient (Wildman–Crippen LogP) is 2.38. The molecule has 3 aromatic heterocycles. The minimum absolute atomic E-state index is 0.00220. The second kappa shape index (κ2) is 11.1. The molecule has 0 bridgehead atoms. The van der Waals surface area contributed by atoms with Crippen molar-refractivity contribution in [2.24, 2.45) is 5.73 Å². The van der Waals surface area contributed by atoms with Crippen LogP contribution >= 0.6 is 0 Å². The third-order valence-electron chi connectivity index (χ3n) is 7.17. The average molecular weight is 550 g/mol. The number of para-hydroxylation sites is 1. The topological polar surface area (TPSA) is 154 Å². The van der Waals surface area contributed by atoms with Crippen LogP contribution in [0.1, 0.15) is 38.4 Å². The number of nitrogens with zero attached hydrogens (tertiary/aromatic N) is 4. The number of fused-ring (bicyclic) bond motifs is 1. The number of amides is 1. The number of nitrogens with two attached hydrogens (primary N) is 1. The molecular formula is C28H31N5O7. The Hall–Kier alpha value is -4.29. The number of rotatable bonds is 9. The number of methoxy groups -OCH3 is 1. The molecular weight excluding hydrogens is 518 g/mol. The van der Waals surface area contributed by atoms with E-state index in [2.05, 4.69) is 9.97 Å². The first-order valence-corrected chi connectivity index (χ1v) is 13.0. The van der Waals surface area contributed by atoms with Gasteiger partial charge in [-0.3, -0.25) is 14.2 Å². The molecule has 1 fully saturated rings. The molecule has 1 aliphatic heterocycles. The van der Waals surface area contributed by atoms with Gasteiger partial charge in [0.05, 0.1) is 31.5 Å². The minimum Gasteiger partial charge on any atom is -0.496 e. The van der Waals surface area contributed by atoms with Crippen molar-refractivity contribution in [3.63, 3.8) is 0 Å². The van der Waals surface area contributed by atoms with Crippen LogP contribution in [0.25, 0.3) is 22.6 Å².